The smallest absolute Gasteiger partial charge is 0.214 e. The molecular weight excluding hydrogens is 232 g/mol. The standard InChI is InChI=1S/C12H18N4S/c1-8-3-5-10(6-4-8)14-11-15-16-7-9(2)13-12(16)17-11/h7-8,10H,3-6H2,1-2H3,(H,14,15). The van der Waals surface area contributed by atoms with Crippen molar-refractivity contribution < 1.29 is 0 Å². The van der Waals surface area contributed by atoms with Crippen LogP contribution in [0.4, 0.5) is 5.13 Å². The quantitative estimate of drug-likeness (QED) is 0.890. The first-order valence-corrected chi connectivity index (χ1v) is 7.12. The van der Waals surface area contributed by atoms with E-state index in [1.54, 1.807) is 11.3 Å². The van der Waals surface area contributed by atoms with Crippen molar-refractivity contribution in [3.63, 3.8) is 0 Å². The fourth-order valence-corrected chi connectivity index (χ4v) is 3.35. The van der Waals surface area contributed by atoms with Crippen molar-refractivity contribution >= 4 is 21.4 Å². The second kappa shape index (κ2) is 4.29. The number of nitrogens with zero attached hydrogens (tertiary/aromatic N) is 3. The van der Waals surface area contributed by atoms with Crippen LogP contribution in [0.15, 0.2) is 6.20 Å². The molecule has 0 aliphatic heterocycles. The molecule has 0 unspecified atom stereocenters. The summed E-state index contributed by atoms with van der Waals surface area (Å²) in [4.78, 5) is 5.40. The number of anilines is 1. The van der Waals surface area contributed by atoms with E-state index in [4.69, 9.17) is 0 Å². The zero-order chi connectivity index (χ0) is 11.8. The first-order chi connectivity index (χ1) is 8.20. The summed E-state index contributed by atoms with van der Waals surface area (Å²) >= 11 is 1.64. The van der Waals surface area contributed by atoms with Crippen molar-refractivity contribution in [2.75, 3.05) is 5.32 Å². The van der Waals surface area contributed by atoms with E-state index in [0.717, 1.165) is 21.7 Å². The molecule has 92 valence electrons. The Bertz CT molecular complexity index is 476. The van der Waals surface area contributed by atoms with Crippen molar-refractivity contribution in [3.8, 4) is 0 Å². The summed E-state index contributed by atoms with van der Waals surface area (Å²) in [5.74, 6) is 0.893. The summed E-state index contributed by atoms with van der Waals surface area (Å²) in [5.41, 5.74) is 1.03. The molecule has 0 aromatic carbocycles. The molecule has 0 spiro atoms. The molecule has 1 aliphatic rings. The van der Waals surface area contributed by atoms with Gasteiger partial charge in [0.15, 0.2) is 0 Å². The number of fused-ring (bicyclic) bond motifs is 1. The number of imidazole rings is 1. The molecule has 1 N–H and O–H groups in total. The number of hydrogen-bond acceptors (Lipinski definition) is 4. The fraction of sp³-hybridized carbons (Fsp3) is 0.667. The van der Waals surface area contributed by atoms with Crippen LogP contribution in [0.3, 0.4) is 0 Å². The van der Waals surface area contributed by atoms with Gasteiger partial charge in [0.05, 0.1) is 11.9 Å². The van der Waals surface area contributed by atoms with Gasteiger partial charge in [0, 0.05) is 6.04 Å². The largest absolute Gasteiger partial charge is 0.357 e. The van der Waals surface area contributed by atoms with Crippen LogP contribution in [-0.4, -0.2) is 20.6 Å². The number of hydrogen-bond donors (Lipinski definition) is 1. The maximum atomic E-state index is 4.51. The van der Waals surface area contributed by atoms with E-state index in [0.29, 0.717) is 6.04 Å². The van der Waals surface area contributed by atoms with Gasteiger partial charge in [-0.3, -0.25) is 0 Å². The van der Waals surface area contributed by atoms with Crippen LogP contribution in [0.2, 0.25) is 0 Å². The van der Waals surface area contributed by atoms with Gasteiger partial charge in [-0.1, -0.05) is 18.3 Å². The second-order valence-electron chi connectivity index (χ2n) is 5.12. The molecule has 0 saturated heterocycles. The monoisotopic (exact) mass is 250 g/mol. The third-order valence-corrected chi connectivity index (χ3v) is 4.36. The van der Waals surface area contributed by atoms with Gasteiger partial charge in [0.25, 0.3) is 0 Å². The summed E-state index contributed by atoms with van der Waals surface area (Å²) in [6.45, 7) is 4.34. The number of aromatic nitrogens is 3. The minimum Gasteiger partial charge on any atom is -0.357 e. The van der Waals surface area contributed by atoms with E-state index in [1.807, 2.05) is 17.6 Å². The Morgan fingerprint density at radius 3 is 2.82 bits per heavy atom. The highest BCUT2D eigenvalue weighted by Gasteiger charge is 2.19. The van der Waals surface area contributed by atoms with E-state index in [2.05, 4.69) is 22.3 Å². The maximum Gasteiger partial charge on any atom is 0.214 e. The topological polar surface area (TPSA) is 42.2 Å². The highest BCUT2D eigenvalue weighted by atomic mass is 32.1. The third kappa shape index (κ3) is 2.29. The second-order valence-corrected chi connectivity index (χ2v) is 6.07. The zero-order valence-corrected chi connectivity index (χ0v) is 11.1. The van der Waals surface area contributed by atoms with Crippen molar-refractivity contribution in [2.45, 2.75) is 45.6 Å². The molecule has 3 rings (SSSR count). The predicted molar refractivity (Wildman–Crippen MR) is 70.6 cm³/mol. The van der Waals surface area contributed by atoms with E-state index < -0.39 is 0 Å². The Morgan fingerprint density at radius 2 is 2.12 bits per heavy atom. The first-order valence-electron chi connectivity index (χ1n) is 6.30. The lowest BCUT2D eigenvalue weighted by atomic mass is 9.87. The molecule has 4 nitrogen and oxygen atoms in total. The van der Waals surface area contributed by atoms with Crippen molar-refractivity contribution in [1.29, 1.82) is 0 Å². The molecule has 1 fully saturated rings. The maximum absolute atomic E-state index is 4.51. The molecule has 2 heterocycles. The summed E-state index contributed by atoms with van der Waals surface area (Å²) in [6.07, 6.45) is 7.17. The average molecular weight is 250 g/mol. The molecule has 1 aliphatic carbocycles. The summed E-state index contributed by atoms with van der Waals surface area (Å²) in [5, 5.41) is 9.06. The lowest BCUT2D eigenvalue weighted by Crippen LogP contribution is -2.25. The number of rotatable bonds is 2. The van der Waals surface area contributed by atoms with Gasteiger partial charge in [-0.25, -0.2) is 9.50 Å². The fourth-order valence-electron chi connectivity index (χ4n) is 2.45. The van der Waals surface area contributed by atoms with Crippen LogP contribution in [0.25, 0.3) is 4.96 Å². The summed E-state index contributed by atoms with van der Waals surface area (Å²) in [7, 11) is 0. The Hall–Kier alpha value is -1.10. The predicted octanol–water partition coefficient (Wildman–Crippen LogP) is 3.09. The normalized spacial score (nSPS) is 25.3. The summed E-state index contributed by atoms with van der Waals surface area (Å²) < 4.78 is 1.87. The van der Waals surface area contributed by atoms with Crippen LogP contribution >= 0.6 is 11.3 Å². The minimum atomic E-state index is 0.600. The molecule has 5 heteroatoms. The molecule has 17 heavy (non-hydrogen) atoms. The third-order valence-electron chi connectivity index (χ3n) is 3.51. The molecule has 1 saturated carbocycles. The highest BCUT2D eigenvalue weighted by molar-refractivity contribution is 7.20. The average Bonchev–Trinajstić information content (AvgIpc) is 2.78. The van der Waals surface area contributed by atoms with E-state index in [-0.39, 0.29) is 0 Å². The SMILES string of the molecule is Cc1cn2nc(NC3CCC(C)CC3)sc2n1. The molecule has 0 atom stereocenters. The Kier molecular flexibility index (Phi) is 2.78. The van der Waals surface area contributed by atoms with E-state index >= 15 is 0 Å². The molecule has 0 bridgehead atoms. The Labute approximate surface area is 105 Å². The molecule has 0 amide bonds. The van der Waals surface area contributed by atoms with Gasteiger partial charge >= 0.3 is 0 Å². The molecule has 2 aromatic rings. The van der Waals surface area contributed by atoms with Crippen LogP contribution in [0.5, 0.6) is 0 Å². The van der Waals surface area contributed by atoms with Gasteiger partial charge in [-0.05, 0) is 38.5 Å². The number of nitrogens with one attached hydrogen (secondary N) is 1. The lowest BCUT2D eigenvalue weighted by Gasteiger charge is -2.26. The van der Waals surface area contributed by atoms with Gasteiger partial charge in [-0.2, -0.15) is 0 Å². The Balaban J connectivity index is 1.70. The first kappa shape index (κ1) is 11.0. The van der Waals surface area contributed by atoms with E-state index in [1.165, 1.54) is 25.7 Å². The van der Waals surface area contributed by atoms with Crippen molar-refractivity contribution in [2.24, 2.45) is 5.92 Å². The summed E-state index contributed by atoms with van der Waals surface area (Å²) in [6, 6.07) is 0.600. The van der Waals surface area contributed by atoms with Crippen molar-refractivity contribution in [3.05, 3.63) is 11.9 Å². The van der Waals surface area contributed by atoms with Gasteiger partial charge in [-0.15, -0.1) is 5.10 Å². The number of aryl methyl sites for hydroxylation is 1. The van der Waals surface area contributed by atoms with Crippen LogP contribution in [-0.2, 0) is 0 Å². The van der Waals surface area contributed by atoms with Gasteiger partial charge in [0.2, 0.25) is 10.1 Å². The van der Waals surface area contributed by atoms with Crippen molar-refractivity contribution in [1.82, 2.24) is 14.6 Å². The van der Waals surface area contributed by atoms with E-state index in [9.17, 15) is 0 Å². The van der Waals surface area contributed by atoms with Gasteiger partial charge < -0.3 is 5.32 Å². The zero-order valence-electron chi connectivity index (χ0n) is 10.3. The Morgan fingerprint density at radius 1 is 1.35 bits per heavy atom. The highest BCUT2D eigenvalue weighted by Crippen LogP contribution is 2.27. The molecule has 0 radical (unpaired) electrons. The van der Waals surface area contributed by atoms with Crippen LogP contribution in [0, 0.1) is 12.8 Å². The molecule has 2 aromatic heterocycles. The van der Waals surface area contributed by atoms with Gasteiger partial charge in [0.1, 0.15) is 0 Å². The van der Waals surface area contributed by atoms with Crippen LogP contribution in [0.1, 0.15) is 38.3 Å². The minimum absolute atomic E-state index is 0.600. The lowest BCUT2D eigenvalue weighted by molar-refractivity contribution is 0.361. The van der Waals surface area contributed by atoms with Crippen LogP contribution < -0.4 is 5.32 Å². The molecular formula is C12H18N4S.